The van der Waals surface area contributed by atoms with Gasteiger partial charge in [0.05, 0.1) is 6.61 Å². The van der Waals surface area contributed by atoms with Gasteiger partial charge in [-0.3, -0.25) is 14.9 Å². The van der Waals surface area contributed by atoms with Crippen LogP contribution in [0.1, 0.15) is 58.8 Å². The van der Waals surface area contributed by atoms with Crippen molar-refractivity contribution in [3.05, 3.63) is 10.1 Å². The second-order valence-electron chi connectivity index (χ2n) is 7.38. The number of carbonyl (C=O) groups is 2. The standard InChI is InChI=1S/C17H27NO7/c1-3-25-15(20)17(22)10-13(12-7-5-4-6-8-12)9-16(21,11(2)19)14(17)18(23)24/h12-14,21-22H,3-10H2,1-2H3/t13-,14-,16+,17+/m1/s1. The van der Waals surface area contributed by atoms with E-state index in [1.165, 1.54) is 6.92 Å². The zero-order chi connectivity index (χ0) is 18.8. The first kappa shape index (κ1) is 19.8. The van der Waals surface area contributed by atoms with Gasteiger partial charge in [-0.15, -0.1) is 0 Å². The molecule has 0 aromatic carbocycles. The molecule has 0 unspecified atom stereocenters. The molecule has 0 aliphatic heterocycles. The van der Waals surface area contributed by atoms with Crippen LogP contribution in [0.5, 0.6) is 0 Å². The Balaban J connectivity index is 2.46. The van der Waals surface area contributed by atoms with Crippen molar-refractivity contribution in [1.29, 1.82) is 0 Å². The average Bonchev–Trinajstić information content (AvgIpc) is 2.54. The van der Waals surface area contributed by atoms with Crippen molar-refractivity contribution in [2.45, 2.75) is 76.0 Å². The number of hydrogen-bond donors (Lipinski definition) is 2. The van der Waals surface area contributed by atoms with Gasteiger partial charge in [0.15, 0.2) is 11.4 Å². The highest BCUT2D eigenvalue weighted by Crippen LogP contribution is 2.47. The number of Topliss-reactive ketones (excluding diaryl/α,β-unsaturated/α-hetero) is 1. The number of nitro groups is 1. The predicted octanol–water partition coefficient (Wildman–Crippen LogP) is 1.24. The van der Waals surface area contributed by atoms with Crippen LogP contribution in [0, 0.1) is 22.0 Å². The highest BCUT2D eigenvalue weighted by Gasteiger charge is 2.69. The third-order valence-electron chi connectivity index (χ3n) is 5.82. The molecule has 0 amide bonds. The molecule has 4 atom stereocenters. The van der Waals surface area contributed by atoms with Crippen molar-refractivity contribution in [2.75, 3.05) is 6.61 Å². The van der Waals surface area contributed by atoms with Crippen LogP contribution in [-0.4, -0.2) is 50.7 Å². The zero-order valence-electron chi connectivity index (χ0n) is 14.8. The fourth-order valence-electron chi connectivity index (χ4n) is 4.56. The van der Waals surface area contributed by atoms with E-state index in [-0.39, 0.29) is 31.3 Å². The van der Waals surface area contributed by atoms with E-state index in [1.807, 2.05) is 0 Å². The van der Waals surface area contributed by atoms with E-state index in [1.54, 1.807) is 0 Å². The molecule has 2 rings (SSSR count). The highest BCUT2D eigenvalue weighted by molar-refractivity contribution is 5.89. The van der Waals surface area contributed by atoms with E-state index < -0.39 is 33.9 Å². The number of aliphatic hydroxyl groups is 2. The van der Waals surface area contributed by atoms with Gasteiger partial charge in [0, 0.05) is 4.92 Å². The van der Waals surface area contributed by atoms with E-state index in [0.717, 1.165) is 39.0 Å². The third-order valence-corrected chi connectivity index (χ3v) is 5.82. The molecule has 2 aliphatic carbocycles. The number of hydrogen-bond acceptors (Lipinski definition) is 7. The van der Waals surface area contributed by atoms with Crippen LogP contribution >= 0.6 is 0 Å². The van der Waals surface area contributed by atoms with E-state index in [4.69, 9.17) is 4.74 Å². The van der Waals surface area contributed by atoms with Crippen LogP contribution in [0.15, 0.2) is 0 Å². The lowest BCUT2D eigenvalue weighted by Gasteiger charge is -2.47. The first-order valence-electron chi connectivity index (χ1n) is 8.93. The summed E-state index contributed by atoms with van der Waals surface area (Å²) >= 11 is 0. The minimum absolute atomic E-state index is 0.0574. The molecule has 0 aromatic rings. The van der Waals surface area contributed by atoms with E-state index in [9.17, 15) is 29.9 Å². The Labute approximate surface area is 146 Å². The smallest absolute Gasteiger partial charge is 0.345 e. The van der Waals surface area contributed by atoms with Crippen molar-refractivity contribution in [3.63, 3.8) is 0 Å². The minimum atomic E-state index is -2.51. The second-order valence-corrected chi connectivity index (χ2v) is 7.38. The van der Waals surface area contributed by atoms with Gasteiger partial charge in [0.25, 0.3) is 6.04 Å². The van der Waals surface area contributed by atoms with E-state index in [2.05, 4.69) is 0 Å². The molecule has 0 radical (unpaired) electrons. The fourth-order valence-corrected chi connectivity index (χ4v) is 4.56. The van der Waals surface area contributed by atoms with Gasteiger partial charge in [-0.2, -0.15) is 0 Å². The Hall–Kier alpha value is -1.54. The maximum absolute atomic E-state index is 12.4. The van der Waals surface area contributed by atoms with E-state index in [0.29, 0.717) is 0 Å². The Bertz CT molecular complexity index is 545. The number of nitrogens with zero attached hydrogens (tertiary/aromatic N) is 1. The molecule has 8 heteroatoms. The summed E-state index contributed by atoms with van der Waals surface area (Å²) in [6, 6.07) is -2.13. The molecular formula is C17H27NO7. The summed E-state index contributed by atoms with van der Waals surface area (Å²) in [4.78, 5) is 35.2. The number of ketones is 1. The molecular weight excluding hydrogens is 330 g/mol. The molecule has 2 fully saturated rings. The first-order valence-corrected chi connectivity index (χ1v) is 8.93. The number of rotatable bonds is 5. The lowest BCUT2D eigenvalue weighted by molar-refractivity contribution is -0.566. The van der Waals surface area contributed by atoms with Crippen LogP contribution in [0.3, 0.4) is 0 Å². The normalized spacial score (nSPS) is 36.6. The largest absolute Gasteiger partial charge is 0.464 e. The van der Waals surface area contributed by atoms with Gasteiger partial charge in [0.1, 0.15) is 0 Å². The molecule has 2 aliphatic rings. The maximum atomic E-state index is 12.4. The molecule has 0 spiro atoms. The average molecular weight is 357 g/mol. The highest BCUT2D eigenvalue weighted by atomic mass is 16.6. The summed E-state index contributed by atoms with van der Waals surface area (Å²) in [6.07, 6.45) is 4.53. The van der Waals surface area contributed by atoms with Crippen molar-refractivity contribution >= 4 is 11.8 Å². The van der Waals surface area contributed by atoms with Crippen LogP contribution in [0.4, 0.5) is 0 Å². The Kier molecular flexibility index (Phi) is 5.83. The van der Waals surface area contributed by atoms with Crippen molar-refractivity contribution in [2.24, 2.45) is 11.8 Å². The van der Waals surface area contributed by atoms with Crippen LogP contribution < -0.4 is 0 Å². The summed E-state index contributed by atoms with van der Waals surface area (Å²) in [5, 5.41) is 33.4. The summed E-state index contributed by atoms with van der Waals surface area (Å²) < 4.78 is 4.86. The van der Waals surface area contributed by atoms with Gasteiger partial charge in [-0.25, -0.2) is 4.79 Å². The maximum Gasteiger partial charge on any atom is 0.345 e. The van der Waals surface area contributed by atoms with Crippen LogP contribution in [-0.2, 0) is 14.3 Å². The molecule has 142 valence electrons. The second kappa shape index (κ2) is 7.37. The molecule has 0 aromatic heterocycles. The summed E-state index contributed by atoms with van der Waals surface area (Å²) in [5.74, 6) is -2.18. The molecule has 0 heterocycles. The fraction of sp³-hybridized carbons (Fsp3) is 0.882. The Morgan fingerprint density at radius 2 is 1.68 bits per heavy atom. The van der Waals surface area contributed by atoms with Crippen LogP contribution in [0.25, 0.3) is 0 Å². The number of ether oxygens (including phenoxy) is 1. The predicted molar refractivity (Wildman–Crippen MR) is 87.3 cm³/mol. The minimum Gasteiger partial charge on any atom is -0.464 e. The topological polar surface area (TPSA) is 127 Å². The van der Waals surface area contributed by atoms with Gasteiger partial charge >= 0.3 is 5.97 Å². The Morgan fingerprint density at radius 1 is 1.12 bits per heavy atom. The van der Waals surface area contributed by atoms with Crippen LogP contribution in [0.2, 0.25) is 0 Å². The SMILES string of the molecule is CCOC(=O)[C@]1(O)C[C@H](C2CCCCC2)C[C@](O)(C(C)=O)[C@H]1[N+](=O)[O-]. The van der Waals surface area contributed by atoms with E-state index >= 15 is 0 Å². The number of carbonyl (C=O) groups excluding carboxylic acids is 2. The van der Waals surface area contributed by atoms with Crippen molar-refractivity contribution in [3.8, 4) is 0 Å². The quantitative estimate of drug-likeness (QED) is 0.430. The summed E-state index contributed by atoms with van der Waals surface area (Å²) in [6.45, 7) is 2.53. The number of esters is 1. The molecule has 25 heavy (non-hydrogen) atoms. The van der Waals surface area contributed by atoms with Gasteiger partial charge in [0.2, 0.25) is 5.60 Å². The summed E-state index contributed by atoms with van der Waals surface area (Å²) in [5.41, 5.74) is -4.90. The molecule has 8 nitrogen and oxygen atoms in total. The monoisotopic (exact) mass is 357 g/mol. The van der Waals surface area contributed by atoms with Crippen molar-refractivity contribution in [1.82, 2.24) is 0 Å². The van der Waals surface area contributed by atoms with Crippen molar-refractivity contribution < 1.29 is 29.5 Å². The lowest BCUT2D eigenvalue weighted by Crippen LogP contribution is -2.71. The van der Waals surface area contributed by atoms with Gasteiger partial charge in [-0.05, 0) is 38.5 Å². The van der Waals surface area contributed by atoms with Gasteiger partial charge < -0.3 is 14.9 Å². The molecule has 2 saturated carbocycles. The zero-order valence-corrected chi connectivity index (χ0v) is 14.8. The molecule has 0 bridgehead atoms. The molecule has 0 saturated heterocycles. The Morgan fingerprint density at radius 3 is 2.16 bits per heavy atom. The lowest BCUT2D eigenvalue weighted by atomic mass is 9.60. The third kappa shape index (κ3) is 3.55. The summed E-state index contributed by atoms with van der Waals surface area (Å²) in [7, 11) is 0. The first-order chi connectivity index (χ1) is 11.7. The molecule has 2 N–H and O–H groups in total. The van der Waals surface area contributed by atoms with Gasteiger partial charge in [-0.1, -0.05) is 32.1 Å².